The summed E-state index contributed by atoms with van der Waals surface area (Å²) in [5.41, 5.74) is -1.56. The van der Waals surface area contributed by atoms with Gasteiger partial charge in [-0.25, -0.2) is 0 Å². The van der Waals surface area contributed by atoms with Crippen LogP contribution in [0.5, 0.6) is 0 Å². The number of carboxylic acids is 2. The predicted molar refractivity (Wildman–Crippen MR) is 82.3 cm³/mol. The first-order valence-corrected chi connectivity index (χ1v) is 8.56. The van der Waals surface area contributed by atoms with Crippen LogP contribution in [-0.4, -0.2) is 22.2 Å². The van der Waals surface area contributed by atoms with Crippen molar-refractivity contribution in [3.8, 4) is 0 Å². The average molecular weight is 298 g/mol. The van der Waals surface area contributed by atoms with E-state index >= 15 is 0 Å². The Hall–Kier alpha value is -1.06. The van der Waals surface area contributed by atoms with Crippen molar-refractivity contribution in [1.82, 2.24) is 0 Å². The highest BCUT2D eigenvalue weighted by Crippen LogP contribution is 2.33. The molecular weight excluding hydrogens is 268 g/mol. The van der Waals surface area contributed by atoms with Gasteiger partial charge in [-0.2, -0.15) is 0 Å². The Morgan fingerprint density at radius 2 is 0.762 bits per heavy atom. The first kappa shape index (κ1) is 18.0. The lowest BCUT2D eigenvalue weighted by atomic mass is 9.78. The molecule has 0 aromatic heterocycles. The van der Waals surface area contributed by atoms with Gasteiger partial charge in [-0.3, -0.25) is 9.59 Å². The van der Waals surface area contributed by atoms with Crippen molar-refractivity contribution in [2.75, 3.05) is 0 Å². The number of hydrogen-bond donors (Lipinski definition) is 2. The molecule has 1 fully saturated rings. The number of carboxylic acid groups (broad SMARTS) is 2. The molecule has 1 aliphatic carbocycles. The zero-order valence-corrected chi connectivity index (χ0v) is 13.1. The summed E-state index contributed by atoms with van der Waals surface area (Å²) < 4.78 is 0. The fraction of sp³-hybridized carbons (Fsp3) is 0.882. The van der Waals surface area contributed by atoms with Crippen LogP contribution in [0.3, 0.4) is 0 Å². The lowest BCUT2D eigenvalue weighted by Gasteiger charge is -2.25. The van der Waals surface area contributed by atoms with Crippen molar-refractivity contribution in [3.05, 3.63) is 0 Å². The van der Waals surface area contributed by atoms with E-state index in [0.717, 1.165) is 25.7 Å². The van der Waals surface area contributed by atoms with Crippen LogP contribution >= 0.6 is 0 Å². The highest BCUT2D eigenvalue weighted by Gasteiger charge is 2.45. The van der Waals surface area contributed by atoms with Crippen LogP contribution in [0.4, 0.5) is 0 Å². The minimum Gasteiger partial charge on any atom is -0.480 e. The fourth-order valence-electron chi connectivity index (χ4n) is 3.27. The normalized spacial score (nSPS) is 22.7. The molecule has 0 aromatic rings. The molecule has 4 nitrogen and oxygen atoms in total. The van der Waals surface area contributed by atoms with Crippen molar-refractivity contribution >= 4 is 11.9 Å². The summed E-state index contributed by atoms with van der Waals surface area (Å²) in [6.45, 7) is 0. The Bertz CT molecular complexity index is 293. The molecule has 2 N–H and O–H groups in total. The van der Waals surface area contributed by atoms with E-state index in [1.165, 1.54) is 38.5 Å². The standard InChI is InChI=1S/C17H30O4/c18-15(19)17(16(20)21)13-11-9-7-5-3-1-2-4-6-8-10-12-14-17/h1-14H2,(H,18,19)(H,20,21). The van der Waals surface area contributed by atoms with Crippen LogP contribution in [0.2, 0.25) is 0 Å². The van der Waals surface area contributed by atoms with Crippen molar-refractivity contribution < 1.29 is 19.8 Å². The van der Waals surface area contributed by atoms with Crippen LogP contribution in [0.25, 0.3) is 0 Å². The van der Waals surface area contributed by atoms with Gasteiger partial charge in [0.1, 0.15) is 0 Å². The molecule has 0 heterocycles. The highest BCUT2D eigenvalue weighted by molar-refractivity contribution is 5.98. The molecule has 1 saturated carbocycles. The first-order chi connectivity index (χ1) is 10.1. The summed E-state index contributed by atoms with van der Waals surface area (Å²) in [4.78, 5) is 23.1. The summed E-state index contributed by atoms with van der Waals surface area (Å²) in [5, 5.41) is 18.9. The summed E-state index contributed by atoms with van der Waals surface area (Å²) in [7, 11) is 0. The van der Waals surface area contributed by atoms with Crippen molar-refractivity contribution in [2.24, 2.45) is 5.41 Å². The Morgan fingerprint density at radius 1 is 0.524 bits per heavy atom. The number of rotatable bonds is 2. The van der Waals surface area contributed by atoms with Gasteiger partial charge in [0.05, 0.1) is 0 Å². The van der Waals surface area contributed by atoms with Crippen molar-refractivity contribution in [1.29, 1.82) is 0 Å². The third-order valence-electron chi connectivity index (χ3n) is 4.78. The SMILES string of the molecule is O=C(O)C1(C(=O)O)CCCCCCCCCCCCCC1. The molecule has 0 aromatic carbocycles. The predicted octanol–water partition coefficient (Wildman–Crippen LogP) is 4.62. The van der Waals surface area contributed by atoms with Gasteiger partial charge in [0.25, 0.3) is 0 Å². The zero-order chi connectivity index (χ0) is 15.6. The van der Waals surface area contributed by atoms with Crippen molar-refractivity contribution in [2.45, 2.75) is 89.9 Å². The Labute approximate surface area is 127 Å². The molecule has 1 aliphatic rings. The van der Waals surface area contributed by atoms with Gasteiger partial charge < -0.3 is 10.2 Å². The molecule has 0 atom stereocenters. The monoisotopic (exact) mass is 298 g/mol. The van der Waals surface area contributed by atoms with Gasteiger partial charge in [0.15, 0.2) is 5.41 Å². The van der Waals surface area contributed by atoms with Crippen LogP contribution in [0.15, 0.2) is 0 Å². The number of hydrogen-bond acceptors (Lipinski definition) is 2. The van der Waals surface area contributed by atoms with E-state index in [0.29, 0.717) is 12.8 Å². The molecule has 0 radical (unpaired) electrons. The molecule has 4 heteroatoms. The molecule has 0 saturated heterocycles. The largest absolute Gasteiger partial charge is 0.480 e. The molecular formula is C17H30O4. The molecule has 122 valence electrons. The van der Waals surface area contributed by atoms with Gasteiger partial charge in [0, 0.05) is 0 Å². The molecule has 0 amide bonds. The molecule has 1 rings (SSSR count). The minimum absolute atomic E-state index is 0.275. The smallest absolute Gasteiger partial charge is 0.321 e. The van der Waals surface area contributed by atoms with E-state index in [1.54, 1.807) is 0 Å². The molecule has 0 spiro atoms. The molecule has 0 aliphatic heterocycles. The maximum Gasteiger partial charge on any atom is 0.321 e. The topological polar surface area (TPSA) is 74.6 Å². The molecule has 0 bridgehead atoms. The van der Waals surface area contributed by atoms with Gasteiger partial charge in [-0.15, -0.1) is 0 Å². The third-order valence-corrected chi connectivity index (χ3v) is 4.78. The number of carbonyl (C=O) groups is 2. The minimum atomic E-state index is -1.56. The van der Waals surface area contributed by atoms with Gasteiger partial charge in [-0.1, -0.05) is 77.0 Å². The Balaban J connectivity index is 2.62. The van der Waals surface area contributed by atoms with Gasteiger partial charge in [0.2, 0.25) is 0 Å². The second kappa shape index (κ2) is 9.80. The van der Waals surface area contributed by atoms with Gasteiger partial charge in [-0.05, 0) is 12.8 Å². The lowest BCUT2D eigenvalue weighted by Crippen LogP contribution is -2.39. The van der Waals surface area contributed by atoms with Crippen LogP contribution < -0.4 is 0 Å². The second-order valence-electron chi connectivity index (χ2n) is 6.44. The first-order valence-electron chi connectivity index (χ1n) is 8.56. The summed E-state index contributed by atoms with van der Waals surface area (Å²) in [6, 6.07) is 0. The fourth-order valence-corrected chi connectivity index (χ4v) is 3.27. The molecule has 0 unspecified atom stereocenters. The summed E-state index contributed by atoms with van der Waals surface area (Å²) in [5.74, 6) is -2.31. The maximum absolute atomic E-state index is 11.5. The van der Waals surface area contributed by atoms with Gasteiger partial charge >= 0.3 is 11.9 Å². The van der Waals surface area contributed by atoms with E-state index in [-0.39, 0.29) is 12.8 Å². The second-order valence-corrected chi connectivity index (χ2v) is 6.44. The van der Waals surface area contributed by atoms with E-state index < -0.39 is 17.4 Å². The Kier molecular flexibility index (Phi) is 8.40. The lowest BCUT2D eigenvalue weighted by molar-refractivity contribution is -0.166. The Morgan fingerprint density at radius 3 is 1.00 bits per heavy atom. The van der Waals surface area contributed by atoms with E-state index in [1.807, 2.05) is 0 Å². The van der Waals surface area contributed by atoms with Crippen molar-refractivity contribution in [3.63, 3.8) is 0 Å². The maximum atomic E-state index is 11.5. The average Bonchev–Trinajstić information content (AvgIpc) is 2.44. The zero-order valence-electron chi connectivity index (χ0n) is 13.1. The third kappa shape index (κ3) is 6.06. The summed E-state index contributed by atoms with van der Waals surface area (Å²) in [6.07, 6.45) is 13.5. The van der Waals surface area contributed by atoms with Crippen LogP contribution in [0.1, 0.15) is 89.9 Å². The quantitative estimate of drug-likeness (QED) is 0.730. The van der Waals surface area contributed by atoms with E-state index in [2.05, 4.69) is 0 Å². The molecule has 21 heavy (non-hydrogen) atoms. The van der Waals surface area contributed by atoms with E-state index in [4.69, 9.17) is 0 Å². The van der Waals surface area contributed by atoms with Crippen LogP contribution in [-0.2, 0) is 9.59 Å². The highest BCUT2D eigenvalue weighted by atomic mass is 16.4. The summed E-state index contributed by atoms with van der Waals surface area (Å²) >= 11 is 0. The van der Waals surface area contributed by atoms with Crippen LogP contribution in [0, 0.1) is 5.41 Å². The number of aliphatic carboxylic acids is 2. The van der Waals surface area contributed by atoms with E-state index in [9.17, 15) is 19.8 Å².